The molecular weight excluding hydrogens is 448 g/mol. The van der Waals surface area contributed by atoms with Gasteiger partial charge in [0.15, 0.2) is 11.3 Å². The first kappa shape index (κ1) is 21.9. The molecule has 0 spiro atoms. The summed E-state index contributed by atoms with van der Waals surface area (Å²) >= 11 is 0. The van der Waals surface area contributed by atoms with Crippen molar-refractivity contribution >= 4 is 39.4 Å². The van der Waals surface area contributed by atoms with Crippen LogP contribution in [0.5, 0.6) is 0 Å². The molecule has 176 valence electrons. The normalized spacial score (nSPS) is 12.3. The number of benzene rings is 3. The topological polar surface area (TPSA) is 78.0 Å². The molecular formula is C29H24N6O. The Morgan fingerprint density at radius 2 is 1.47 bits per heavy atom. The number of hydrogen-bond acceptors (Lipinski definition) is 5. The van der Waals surface area contributed by atoms with Gasteiger partial charge < -0.3 is 0 Å². The molecule has 6 aromatic rings. The van der Waals surface area contributed by atoms with Crippen molar-refractivity contribution in [3.63, 3.8) is 0 Å². The van der Waals surface area contributed by atoms with Crippen LogP contribution in [0.15, 0.2) is 95.1 Å². The Labute approximate surface area is 207 Å². The van der Waals surface area contributed by atoms with Gasteiger partial charge in [0.25, 0.3) is 5.56 Å². The van der Waals surface area contributed by atoms with Gasteiger partial charge >= 0.3 is 0 Å². The molecule has 7 nitrogen and oxygen atoms in total. The highest BCUT2D eigenvalue weighted by molar-refractivity contribution is 6.05. The first-order valence-electron chi connectivity index (χ1n) is 11.8. The Kier molecular flexibility index (Phi) is 5.00. The van der Waals surface area contributed by atoms with Crippen LogP contribution in [0.2, 0.25) is 0 Å². The molecule has 0 N–H and O–H groups in total. The van der Waals surface area contributed by atoms with Crippen molar-refractivity contribution in [3.8, 4) is 5.69 Å². The molecule has 0 aliphatic heterocycles. The molecule has 0 radical (unpaired) electrons. The monoisotopic (exact) mass is 472 g/mol. The molecule has 0 atom stereocenters. The average Bonchev–Trinajstić information content (AvgIpc) is 3.19. The van der Waals surface area contributed by atoms with Gasteiger partial charge in [0.05, 0.1) is 22.9 Å². The molecule has 3 aromatic carbocycles. The summed E-state index contributed by atoms with van der Waals surface area (Å²) in [4.78, 5) is 27.9. The van der Waals surface area contributed by atoms with E-state index in [4.69, 9.17) is 15.1 Å². The summed E-state index contributed by atoms with van der Waals surface area (Å²) < 4.78 is 3.14. The van der Waals surface area contributed by atoms with Crippen molar-refractivity contribution in [1.82, 2.24) is 24.2 Å². The third-order valence-corrected chi connectivity index (χ3v) is 6.28. The molecule has 36 heavy (non-hydrogen) atoms. The summed E-state index contributed by atoms with van der Waals surface area (Å²) in [5.41, 5.74) is 5.58. The maximum absolute atomic E-state index is 13.7. The van der Waals surface area contributed by atoms with E-state index in [1.54, 1.807) is 10.9 Å². The fourth-order valence-electron chi connectivity index (χ4n) is 4.30. The number of para-hydroxylation sites is 3. The quantitative estimate of drug-likeness (QED) is 0.320. The number of nitrogens with zero attached hydrogens (tertiary/aromatic N) is 6. The van der Waals surface area contributed by atoms with Crippen molar-refractivity contribution in [3.05, 3.63) is 107 Å². The van der Waals surface area contributed by atoms with Crippen LogP contribution in [-0.2, 0) is 5.41 Å². The fourth-order valence-corrected chi connectivity index (χ4v) is 4.30. The first-order valence-corrected chi connectivity index (χ1v) is 11.8. The maximum atomic E-state index is 13.7. The van der Waals surface area contributed by atoms with Crippen LogP contribution >= 0.6 is 0 Å². The van der Waals surface area contributed by atoms with E-state index in [2.05, 4.69) is 37.9 Å². The zero-order valence-corrected chi connectivity index (χ0v) is 20.3. The van der Waals surface area contributed by atoms with E-state index in [0.717, 1.165) is 16.8 Å². The Morgan fingerprint density at radius 1 is 0.806 bits per heavy atom. The Hall–Kier alpha value is -4.65. The molecule has 0 bridgehead atoms. The predicted octanol–water partition coefficient (Wildman–Crippen LogP) is 5.46. The van der Waals surface area contributed by atoms with Crippen LogP contribution in [0.4, 0.5) is 0 Å². The van der Waals surface area contributed by atoms with Gasteiger partial charge in [-0.25, -0.2) is 15.0 Å². The van der Waals surface area contributed by atoms with Crippen molar-refractivity contribution in [1.29, 1.82) is 0 Å². The molecule has 0 saturated carbocycles. The van der Waals surface area contributed by atoms with Crippen LogP contribution in [0.3, 0.4) is 0 Å². The largest absolute Gasteiger partial charge is 0.269 e. The van der Waals surface area contributed by atoms with Gasteiger partial charge in [0, 0.05) is 0 Å². The lowest BCUT2D eigenvalue weighted by Gasteiger charge is -2.18. The standard InChI is InChI=1S/C29H24N6O/c1-29(2,3)20-15-13-19(14-16-20)17-31-35-26-24(25-27(35)33-23-12-8-7-11-22(23)32-25)28(36)34(18-30-26)21-9-5-4-6-10-21/h4-18H,1-3H3/b31-17+. The highest BCUT2D eigenvalue weighted by atomic mass is 16.1. The number of aromatic nitrogens is 5. The third kappa shape index (κ3) is 3.65. The number of hydrogen-bond donors (Lipinski definition) is 0. The SMILES string of the molecule is CC(C)(C)c1ccc(/C=N/n2c3nc4ccccc4nc3c3c(=O)n(-c4ccccc4)cnc32)cc1. The second-order valence-electron chi connectivity index (χ2n) is 9.77. The Morgan fingerprint density at radius 3 is 2.17 bits per heavy atom. The Balaban J connectivity index is 1.59. The van der Waals surface area contributed by atoms with Gasteiger partial charge in [-0.15, -0.1) is 0 Å². The second-order valence-corrected chi connectivity index (χ2v) is 9.77. The van der Waals surface area contributed by atoms with E-state index in [-0.39, 0.29) is 11.0 Å². The second kappa shape index (κ2) is 8.23. The van der Waals surface area contributed by atoms with Gasteiger partial charge in [-0.1, -0.05) is 75.4 Å². The molecule has 7 heteroatoms. The van der Waals surface area contributed by atoms with E-state index in [1.807, 2.05) is 66.7 Å². The van der Waals surface area contributed by atoms with Crippen LogP contribution in [0.1, 0.15) is 31.9 Å². The van der Waals surface area contributed by atoms with E-state index in [0.29, 0.717) is 27.7 Å². The first-order chi connectivity index (χ1) is 17.4. The van der Waals surface area contributed by atoms with Gasteiger partial charge in [-0.2, -0.15) is 9.78 Å². The third-order valence-electron chi connectivity index (χ3n) is 6.28. The summed E-state index contributed by atoms with van der Waals surface area (Å²) in [6.45, 7) is 6.56. The molecule has 3 heterocycles. The lowest BCUT2D eigenvalue weighted by Crippen LogP contribution is -2.18. The van der Waals surface area contributed by atoms with Crippen LogP contribution in [0.25, 0.3) is 38.9 Å². The van der Waals surface area contributed by atoms with Crippen molar-refractivity contribution in [2.45, 2.75) is 26.2 Å². The molecule has 0 fully saturated rings. The minimum absolute atomic E-state index is 0.0712. The smallest absolute Gasteiger partial charge is 0.268 e. The predicted molar refractivity (Wildman–Crippen MR) is 144 cm³/mol. The Bertz CT molecular complexity index is 1820. The van der Waals surface area contributed by atoms with Crippen molar-refractivity contribution in [2.75, 3.05) is 0 Å². The highest BCUT2D eigenvalue weighted by Gasteiger charge is 2.20. The number of fused-ring (bicyclic) bond motifs is 4. The summed E-state index contributed by atoms with van der Waals surface area (Å²) in [5.74, 6) is 0. The summed E-state index contributed by atoms with van der Waals surface area (Å²) in [6, 6.07) is 25.3. The molecule has 0 saturated heterocycles. The summed E-state index contributed by atoms with van der Waals surface area (Å²) in [5, 5.41) is 5.10. The molecule has 0 aliphatic carbocycles. The summed E-state index contributed by atoms with van der Waals surface area (Å²) in [7, 11) is 0. The zero-order chi connectivity index (χ0) is 24.9. The van der Waals surface area contributed by atoms with E-state index in [1.165, 1.54) is 16.5 Å². The maximum Gasteiger partial charge on any atom is 0.269 e. The molecule has 0 unspecified atom stereocenters. The number of rotatable bonds is 3. The van der Waals surface area contributed by atoms with Crippen LogP contribution < -0.4 is 5.56 Å². The van der Waals surface area contributed by atoms with Crippen LogP contribution in [-0.4, -0.2) is 30.4 Å². The lowest BCUT2D eigenvalue weighted by molar-refractivity contribution is 0.590. The average molecular weight is 473 g/mol. The minimum Gasteiger partial charge on any atom is -0.268 e. The molecule has 0 amide bonds. The molecule has 3 aromatic heterocycles. The van der Waals surface area contributed by atoms with Gasteiger partial charge in [-0.3, -0.25) is 9.36 Å². The van der Waals surface area contributed by atoms with Gasteiger partial charge in [0.2, 0.25) is 0 Å². The fraction of sp³-hybridized carbons (Fsp3) is 0.138. The molecule has 0 aliphatic rings. The van der Waals surface area contributed by atoms with E-state index < -0.39 is 0 Å². The highest BCUT2D eigenvalue weighted by Crippen LogP contribution is 2.26. The van der Waals surface area contributed by atoms with Crippen molar-refractivity contribution in [2.24, 2.45) is 5.10 Å². The van der Waals surface area contributed by atoms with E-state index in [9.17, 15) is 4.79 Å². The van der Waals surface area contributed by atoms with Crippen molar-refractivity contribution < 1.29 is 0 Å². The van der Waals surface area contributed by atoms with Gasteiger partial charge in [0.1, 0.15) is 17.2 Å². The minimum atomic E-state index is -0.218. The van der Waals surface area contributed by atoms with E-state index >= 15 is 0 Å². The summed E-state index contributed by atoms with van der Waals surface area (Å²) in [6.07, 6.45) is 3.29. The molecule has 6 rings (SSSR count). The lowest BCUT2D eigenvalue weighted by atomic mass is 9.87. The van der Waals surface area contributed by atoms with Crippen LogP contribution in [0, 0.1) is 0 Å². The zero-order valence-electron chi connectivity index (χ0n) is 20.3. The van der Waals surface area contributed by atoms with Gasteiger partial charge in [-0.05, 0) is 40.8 Å².